The van der Waals surface area contributed by atoms with Gasteiger partial charge in [0, 0.05) is 6.04 Å². The Kier molecular flexibility index (Phi) is 4.69. The highest BCUT2D eigenvalue weighted by molar-refractivity contribution is 4.65. The van der Waals surface area contributed by atoms with E-state index < -0.39 is 0 Å². The normalized spacial score (nSPS) is 15.0. The van der Waals surface area contributed by atoms with Gasteiger partial charge in [-0.05, 0) is 18.8 Å². The van der Waals surface area contributed by atoms with Crippen molar-refractivity contribution in [1.82, 2.24) is 0 Å². The molecule has 0 aliphatic heterocycles. The summed E-state index contributed by atoms with van der Waals surface area (Å²) in [6, 6.07) is 0.155. The lowest BCUT2D eigenvalue weighted by Gasteiger charge is -2.22. The highest BCUT2D eigenvalue weighted by Crippen LogP contribution is 2.19. The van der Waals surface area contributed by atoms with Crippen LogP contribution in [0.3, 0.4) is 0 Å². The summed E-state index contributed by atoms with van der Waals surface area (Å²) in [5.74, 6) is 0. The molecule has 0 bridgehead atoms. The van der Waals surface area contributed by atoms with Gasteiger partial charge in [-0.15, -0.1) is 0 Å². The SMILES string of the molecule is CCC(C)(C)COCC(C)N. The van der Waals surface area contributed by atoms with Gasteiger partial charge in [0.2, 0.25) is 0 Å². The number of rotatable bonds is 5. The van der Waals surface area contributed by atoms with Crippen molar-refractivity contribution in [3.63, 3.8) is 0 Å². The largest absolute Gasteiger partial charge is 0.379 e. The average Bonchev–Trinajstić information content (AvgIpc) is 1.87. The van der Waals surface area contributed by atoms with Gasteiger partial charge in [-0.3, -0.25) is 0 Å². The van der Waals surface area contributed by atoms with E-state index in [-0.39, 0.29) is 6.04 Å². The van der Waals surface area contributed by atoms with E-state index in [0.717, 1.165) is 13.0 Å². The molecule has 0 saturated carbocycles. The fourth-order valence-electron chi connectivity index (χ4n) is 0.623. The smallest absolute Gasteiger partial charge is 0.0615 e. The maximum atomic E-state index is 5.54. The molecule has 0 aliphatic rings. The minimum atomic E-state index is 0.155. The maximum Gasteiger partial charge on any atom is 0.0615 e. The van der Waals surface area contributed by atoms with Crippen molar-refractivity contribution >= 4 is 0 Å². The van der Waals surface area contributed by atoms with Crippen molar-refractivity contribution < 1.29 is 4.74 Å². The molecule has 0 rings (SSSR count). The summed E-state index contributed by atoms with van der Waals surface area (Å²) in [6.07, 6.45) is 1.14. The zero-order valence-corrected chi connectivity index (χ0v) is 8.18. The van der Waals surface area contributed by atoms with Gasteiger partial charge < -0.3 is 10.5 Å². The summed E-state index contributed by atoms with van der Waals surface area (Å²) in [5, 5.41) is 0. The second kappa shape index (κ2) is 4.73. The Hall–Kier alpha value is -0.0800. The standard InChI is InChI=1S/C9H21NO/c1-5-9(3,4)7-11-6-8(2)10/h8H,5-7,10H2,1-4H3. The predicted octanol–water partition coefficient (Wildman–Crippen LogP) is 1.79. The predicted molar refractivity (Wildman–Crippen MR) is 48.5 cm³/mol. The highest BCUT2D eigenvalue weighted by Gasteiger charge is 2.14. The molecule has 2 N–H and O–H groups in total. The van der Waals surface area contributed by atoms with Gasteiger partial charge >= 0.3 is 0 Å². The maximum absolute atomic E-state index is 5.54. The summed E-state index contributed by atoms with van der Waals surface area (Å²) in [7, 11) is 0. The molecular formula is C9H21NO. The van der Waals surface area contributed by atoms with E-state index in [2.05, 4.69) is 20.8 Å². The van der Waals surface area contributed by atoms with Crippen LogP contribution in [0.1, 0.15) is 34.1 Å². The van der Waals surface area contributed by atoms with Gasteiger partial charge in [0.25, 0.3) is 0 Å². The number of hydrogen-bond acceptors (Lipinski definition) is 2. The van der Waals surface area contributed by atoms with Gasteiger partial charge in [-0.25, -0.2) is 0 Å². The first-order chi connectivity index (χ1) is 4.98. The van der Waals surface area contributed by atoms with Crippen LogP contribution in [0, 0.1) is 5.41 Å². The van der Waals surface area contributed by atoms with Crippen LogP contribution in [-0.2, 0) is 4.74 Å². The van der Waals surface area contributed by atoms with E-state index in [0.29, 0.717) is 12.0 Å². The Morgan fingerprint density at radius 2 is 2.00 bits per heavy atom. The lowest BCUT2D eigenvalue weighted by Crippen LogP contribution is -2.26. The van der Waals surface area contributed by atoms with Gasteiger partial charge in [0.05, 0.1) is 13.2 Å². The molecule has 0 aromatic carbocycles. The molecule has 0 saturated heterocycles. The summed E-state index contributed by atoms with van der Waals surface area (Å²) in [4.78, 5) is 0. The summed E-state index contributed by atoms with van der Waals surface area (Å²) >= 11 is 0. The van der Waals surface area contributed by atoms with Crippen LogP contribution in [-0.4, -0.2) is 19.3 Å². The minimum Gasteiger partial charge on any atom is -0.379 e. The molecule has 0 fully saturated rings. The Morgan fingerprint density at radius 3 is 2.36 bits per heavy atom. The fraction of sp³-hybridized carbons (Fsp3) is 1.00. The third-order valence-electron chi connectivity index (χ3n) is 1.83. The van der Waals surface area contributed by atoms with Crippen LogP contribution in [0.4, 0.5) is 0 Å². The Bertz CT molecular complexity index is 99.7. The van der Waals surface area contributed by atoms with Gasteiger partial charge in [0.15, 0.2) is 0 Å². The lowest BCUT2D eigenvalue weighted by molar-refractivity contribution is 0.0545. The van der Waals surface area contributed by atoms with E-state index in [1.54, 1.807) is 0 Å². The van der Waals surface area contributed by atoms with Crippen LogP contribution < -0.4 is 5.73 Å². The van der Waals surface area contributed by atoms with E-state index in [9.17, 15) is 0 Å². The van der Waals surface area contributed by atoms with Crippen molar-refractivity contribution in [3.8, 4) is 0 Å². The van der Waals surface area contributed by atoms with Crippen LogP contribution >= 0.6 is 0 Å². The first-order valence-electron chi connectivity index (χ1n) is 4.31. The summed E-state index contributed by atoms with van der Waals surface area (Å²) in [5.41, 5.74) is 5.84. The van der Waals surface area contributed by atoms with Crippen molar-refractivity contribution in [1.29, 1.82) is 0 Å². The first-order valence-corrected chi connectivity index (χ1v) is 4.31. The minimum absolute atomic E-state index is 0.155. The quantitative estimate of drug-likeness (QED) is 0.663. The molecule has 2 heteroatoms. The molecule has 0 spiro atoms. The molecule has 0 aliphatic carbocycles. The van der Waals surface area contributed by atoms with E-state index >= 15 is 0 Å². The number of ether oxygens (including phenoxy) is 1. The van der Waals surface area contributed by atoms with Gasteiger partial charge in [0.1, 0.15) is 0 Å². The monoisotopic (exact) mass is 159 g/mol. The summed E-state index contributed by atoms with van der Waals surface area (Å²) < 4.78 is 5.43. The van der Waals surface area contributed by atoms with Crippen LogP contribution in [0.15, 0.2) is 0 Å². The Morgan fingerprint density at radius 1 is 1.45 bits per heavy atom. The van der Waals surface area contributed by atoms with E-state index in [1.165, 1.54) is 0 Å². The van der Waals surface area contributed by atoms with E-state index in [4.69, 9.17) is 10.5 Å². The van der Waals surface area contributed by atoms with Crippen LogP contribution in [0.2, 0.25) is 0 Å². The molecule has 1 atom stereocenters. The van der Waals surface area contributed by atoms with Crippen molar-refractivity contribution in [2.45, 2.75) is 40.2 Å². The van der Waals surface area contributed by atoms with Crippen LogP contribution in [0.5, 0.6) is 0 Å². The number of hydrogen-bond donors (Lipinski definition) is 1. The van der Waals surface area contributed by atoms with Crippen molar-refractivity contribution in [2.24, 2.45) is 11.1 Å². The highest BCUT2D eigenvalue weighted by atomic mass is 16.5. The zero-order valence-electron chi connectivity index (χ0n) is 8.18. The fourth-order valence-corrected chi connectivity index (χ4v) is 0.623. The Labute approximate surface area is 70.1 Å². The first kappa shape index (κ1) is 10.9. The molecule has 0 aromatic heterocycles. The van der Waals surface area contributed by atoms with Crippen molar-refractivity contribution in [2.75, 3.05) is 13.2 Å². The van der Waals surface area contributed by atoms with E-state index in [1.807, 2.05) is 6.92 Å². The van der Waals surface area contributed by atoms with Gasteiger partial charge in [-0.1, -0.05) is 20.8 Å². The van der Waals surface area contributed by atoms with Crippen molar-refractivity contribution in [3.05, 3.63) is 0 Å². The molecule has 0 amide bonds. The molecule has 11 heavy (non-hydrogen) atoms. The van der Waals surface area contributed by atoms with Gasteiger partial charge in [-0.2, -0.15) is 0 Å². The molecular weight excluding hydrogens is 138 g/mol. The molecule has 2 nitrogen and oxygen atoms in total. The van der Waals surface area contributed by atoms with Crippen LogP contribution in [0.25, 0.3) is 0 Å². The summed E-state index contributed by atoms with van der Waals surface area (Å²) in [6.45, 7) is 10.0. The molecule has 1 unspecified atom stereocenters. The lowest BCUT2D eigenvalue weighted by atomic mass is 9.92. The topological polar surface area (TPSA) is 35.2 Å². The third-order valence-corrected chi connectivity index (χ3v) is 1.83. The average molecular weight is 159 g/mol. The number of nitrogens with two attached hydrogens (primary N) is 1. The second-order valence-electron chi connectivity index (χ2n) is 4.01. The zero-order chi connectivity index (χ0) is 8.91. The molecule has 0 radical (unpaired) electrons. The second-order valence-corrected chi connectivity index (χ2v) is 4.01. The third kappa shape index (κ3) is 6.32. The molecule has 0 heterocycles. The molecule has 0 aromatic rings. The molecule has 68 valence electrons. The Balaban J connectivity index is 3.38.